The van der Waals surface area contributed by atoms with E-state index in [1.807, 2.05) is 6.08 Å². The molecule has 3 heteroatoms. The summed E-state index contributed by atoms with van der Waals surface area (Å²) in [5.74, 6) is 0. The van der Waals surface area contributed by atoms with Crippen molar-refractivity contribution in [1.82, 2.24) is 0 Å². The zero-order chi connectivity index (χ0) is 14.9. The highest BCUT2D eigenvalue weighted by atomic mass is 31.1. The first kappa shape index (κ1) is 15.5. The Bertz CT molecular complexity index is 622. The number of hydrogen-bond donors (Lipinski definition) is 1. The summed E-state index contributed by atoms with van der Waals surface area (Å²) < 4.78 is 0. The second kappa shape index (κ2) is 6.25. The topological polar surface area (TPSA) is 26.0 Å². The second-order valence-corrected chi connectivity index (χ2v) is 8.29. The third-order valence-electron chi connectivity index (χ3n) is 3.91. The van der Waals surface area contributed by atoms with Crippen molar-refractivity contribution in [1.29, 1.82) is 0 Å². The third kappa shape index (κ3) is 2.90. The van der Waals surface area contributed by atoms with Gasteiger partial charge >= 0.3 is 0 Å². The van der Waals surface area contributed by atoms with Crippen LogP contribution < -0.4 is 16.3 Å². The summed E-state index contributed by atoms with van der Waals surface area (Å²) in [6, 6.07) is 6.59. The Morgan fingerprint density at radius 2 is 1.85 bits per heavy atom. The maximum Gasteiger partial charge on any atom is 0.0343 e. The van der Waals surface area contributed by atoms with E-state index in [1.54, 1.807) is 0 Å². The van der Waals surface area contributed by atoms with E-state index in [1.165, 1.54) is 32.9 Å². The molecule has 106 valence electrons. The van der Waals surface area contributed by atoms with Crippen molar-refractivity contribution in [2.45, 2.75) is 20.3 Å². The smallest absolute Gasteiger partial charge is 0.0343 e. The lowest BCUT2D eigenvalue weighted by molar-refractivity contribution is 1.25. The van der Waals surface area contributed by atoms with Crippen molar-refractivity contribution in [3.05, 3.63) is 52.8 Å². The zero-order valence-corrected chi connectivity index (χ0v) is 14.7. The predicted octanol–water partition coefficient (Wildman–Crippen LogP) is 3.52. The van der Waals surface area contributed by atoms with Gasteiger partial charge in [0, 0.05) is 5.70 Å². The minimum atomic E-state index is -0.141. The molecule has 0 aliphatic heterocycles. The zero-order valence-electron chi connectivity index (χ0n) is 12.7. The van der Waals surface area contributed by atoms with Gasteiger partial charge in [-0.3, -0.25) is 0 Å². The van der Waals surface area contributed by atoms with Gasteiger partial charge in [-0.15, -0.1) is 9.24 Å². The van der Waals surface area contributed by atoms with Crippen LogP contribution in [-0.4, -0.2) is 13.3 Å². The van der Waals surface area contributed by atoms with Crippen molar-refractivity contribution in [2.75, 3.05) is 13.3 Å². The van der Waals surface area contributed by atoms with E-state index < -0.39 is 0 Å². The van der Waals surface area contributed by atoms with Crippen LogP contribution in [0, 0.1) is 0 Å². The lowest BCUT2D eigenvalue weighted by Gasteiger charge is -2.20. The van der Waals surface area contributed by atoms with Crippen molar-refractivity contribution in [3.8, 4) is 0 Å². The fraction of sp³-hybridized carbons (Fsp3) is 0.294. The molecule has 1 aromatic carbocycles. The maximum atomic E-state index is 6.10. The van der Waals surface area contributed by atoms with E-state index in [9.17, 15) is 0 Å². The molecular formula is C17H23NP2. The number of nitrogens with two attached hydrogens (primary N) is 1. The molecule has 1 aromatic rings. The summed E-state index contributed by atoms with van der Waals surface area (Å²) in [4.78, 5) is 0. The van der Waals surface area contributed by atoms with Gasteiger partial charge in [0.1, 0.15) is 0 Å². The molecule has 0 radical (unpaired) electrons. The van der Waals surface area contributed by atoms with E-state index in [-0.39, 0.29) is 7.92 Å². The average Bonchev–Trinajstić information content (AvgIpc) is 2.52. The van der Waals surface area contributed by atoms with Gasteiger partial charge in [-0.1, -0.05) is 32.2 Å². The molecule has 0 aromatic heterocycles. The lowest BCUT2D eigenvalue weighted by atomic mass is 9.95. The van der Waals surface area contributed by atoms with E-state index in [2.05, 4.69) is 60.7 Å². The monoisotopic (exact) mass is 303 g/mol. The molecule has 0 amide bonds. The molecule has 1 aliphatic carbocycles. The largest absolute Gasteiger partial charge is 0.399 e. The summed E-state index contributed by atoms with van der Waals surface area (Å²) >= 11 is 0. The summed E-state index contributed by atoms with van der Waals surface area (Å²) in [7, 11) is 2.75. The van der Waals surface area contributed by atoms with Crippen LogP contribution in [0.15, 0.2) is 47.2 Å². The first-order chi connectivity index (χ1) is 9.43. The van der Waals surface area contributed by atoms with Crippen LogP contribution in [0.5, 0.6) is 0 Å². The molecule has 2 rings (SSSR count). The predicted molar refractivity (Wildman–Crippen MR) is 97.4 cm³/mol. The Balaban J connectivity index is 2.69. The minimum Gasteiger partial charge on any atom is -0.399 e. The first-order valence-electron chi connectivity index (χ1n) is 6.82. The van der Waals surface area contributed by atoms with Crippen LogP contribution in [-0.2, 0) is 0 Å². The summed E-state index contributed by atoms with van der Waals surface area (Å²) in [5.41, 5.74) is 12.3. The van der Waals surface area contributed by atoms with Gasteiger partial charge in [0.2, 0.25) is 0 Å². The van der Waals surface area contributed by atoms with Crippen LogP contribution in [0.4, 0.5) is 0 Å². The normalized spacial score (nSPS) is 16.1. The van der Waals surface area contributed by atoms with E-state index >= 15 is 0 Å². The SMILES string of the molecule is CC1=C(N)C=CCC(c2cccc(P)c2P(C)C)=C1C. The van der Waals surface area contributed by atoms with Gasteiger partial charge in [0.25, 0.3) is 0 Å². The Morgan fingerprint density at radius 3 is 2.50 bits per heavy atom. The van der Waals surface area contributed by atoms with Gasteiger partial charge in [0.15, 0.2) is 0 Å². The molecule has 0 fully saturated rings. The molecule has 0 heterocycles. The Kier molecular flexibility index (Phi) is 4.84. The molecule has 1 aliphatic rings. The van der Waals surface area contributed by atoms with Crippen molar-refractivity contribution in [3.63, 3.8) is 0 Å². The molecule has 1 atom stereocenters. The molecular weight excluding hydrogens is 280 g/mol. The van der Waals surface area contributed by atoms with Gasteiger partial charge in [-0.05, 0) is 72.6 Å². The first-order valence-corrected chi connectivity index (χ1v) is 9.64. The van der Waals surface area contributed by atoms with Crippen LogP contribution in [0.3, 0.4) is 0 Å². The summed E-state index contributed by atoms with van der Waals surface area (Å²) in [6.45, 7) is 8.95. The van der Waals surface area contributed by atoms with Crippen molar-refractivity contribution >= 4 is 33.3 Å². The van der Waals surface area contributed by atoms with E-state index in [0.29, 0.717) is 0 Å². The Morgan fingerprint density at radius 1 is 1.15 bits per heavy atom. The van der Waals surface area contributed by atoms with Crippen LogP contribution in [0.1, 0.15) is 25.8 Å². The highest BCUT2D eigenvalue weighted by Gasteiger charge is 2.16. The summed E-state index contributed by atoms with van der Waals surface area (Å²) in [5, 5.41) is 2.81. The minimum absolute atomic E-state index is 0.141. The average molecular weight is 303 g/mol. The van der Waals surface area contributed by atoms with Gasteiger partial charge < -0.3 is 5.73 Å². The lowest BCUT2D eigenvalue weighted by Crippen LogP contribution is -2.21. The van der Waals surface area contributed by atoms with Crippen LogP contribution in [0.2, 0.25) is 0 Å². The molecule has 0 saturated carbocycles. The fourth-order valence-corrected chi connectivity index (χ4v) is 4.96. The number of allylic oxidation sites excluding steroid dienone is 5. The van der Waals surface area contributed by atoms with Crippen molar-refractivity contribution < 1.29 is 0 Å². The number of hydrogen-bond acceptors (Lipinski definition) is 1. The van der Waals surface area contributed by atoms with Crippen LogP contribution in [0.25, 0.3) is 5.57 Å². The maximum absolute atomic E-state index is 6.10. The summed E-state index contributed by atoms with van der Waals surface area (Å²) in [6.07, 6.45) is 5.17. The highest BCUT2D eigenvalue weighted by Crippen LogP contribution is 2.34. The van der Waals surface area contributed by atoms with Gasteiger partial charge in [-0.25, -0.2) is 0 Å². The van der Waals surface area contributed by atoms with Gasteiger partial charge in [0.05, 0.1) is 0 Å². The molecule has 1 nitrogen and oxygen atoms in total. The molecule has 20 heavy (non-hydrogen) atoms. The quantitative estimate of drug-likeness (QED) is 0.831. The molecule has 0 bridgehead atoms. The Labute approximate surface area is 126 Å². The highest BCUT2D eigenvalue weighted by molar-refractivity contribution is 7.65. The molecule has 1 unspecified atom stereocenters. The van der Waals surface area contributed by atoms with Crippen molar-refractivity contribution in [2.24, 2.45) is 5.73 Å². The van der Waals surface area contributed by atoms with E-state index in [4.69, 9.17) is 5.73 Å². The molecule has 2 N–H and O–H groups in total. The molecule has 0 saturated heterocycles. The van der Waals surface area contributed by atoms with Crippen LogP contribution >= 0.6 is 17.2 Å². The standard InChI is InChI=1S/C17H23NP2/c1-11-12(2)15(18)9-5-7-13(11)14-8-6-10-16(19)17(14)20(3)4/h5-6,8-10H,7,18-19H2,1-4H3. The van der Waals surface area contributed by atoms with Gasteiger partial charge in [-0.2, -0.15) is 0 Å². The third-order valence-corrected chi connectivity index (χ3v) is 6.02. The number of rotatable bonds is 2. The number of benzene rings is 1. The Hall–Kier alpha value is -0.900. The fourth-order valence-electron chi connectivity index (χ4n) is 2.64. The molecule has 0 spiro atoms. The van der Waals surface area contributed by atoms with E-state index in [0.717, 1.165) is 12.1 Å². The second-order valence-electron chi connectivity index (χ2n) is 5.43.